The molecular formula is C31H50O3. The molecule has 34 heavy (non-hydrogen) atoms. The van der Waals surface area contributed by atoms with Crippen LogP contribution in [0.25, 0.3) is 0 Å². The maximum Gasteiger partial charge on any atom is 0.312 e. The average molecular weight is 471 g/mol. The number of allylic oxidation sites excluding steroid dienone is 1. The zero-order chi connectivity index (χ0) is 24.9. The fourth-order valence-corrected chi connectivity index (χ4v) is 11.7. The summed E-state index contributed by atoms with van der Waals surface area (Å²) in [6.45, 7) is 19.1. The summed E-state index contributed by atoms with van der Waals surface area (Å²) in [6, 6.07) is 0. The molecule has 0 radical (unpaired) electrons. The van der Waals surface area contributed by atoms with Gasteiger partial charge in [0.05, 0.1) is 18.6 Å². The number of carbonyl (C=O) groups excluding carboxylic acids is 1. The molecule has 10 atom stereocenters. The topological polar surface area (TPSA) is 46.5 Å². The summed E-state index contributed by atoms with van der Waals surface area (Å²) < 4.78 is 5.49. The Labute approximate surface area is 208 Å². The van der Waals surface area contributed by atoms with Gasteiger partial charge in [-0.1, -0.05) is 46.8 Å². The molecule has 3 nitrogen and oxygen atoms in total. The van der Waals surface area contributed by atoms with Crippen molar-refractivity contribution < 1.29 is 14.6 Å². The summed E-state index contributed by atoms with van der Waals surface area (Å²) in [7, 11) is 1.59. The van der Waals surface area contributed by atoms with Crippen molar-refractivity contribution in [3.05, 3.63) is 12.2 Å². The van der Waals surface area contributed by atoms with Crippen LogP contribution in [0.3, 0.4) is 0 Å². The Morgan fingerprint density at radius 2 is 1.56 bits per heavy atom. The van der Waals surface area contributed by atoms with E-state index in [-0.39, 0.29) is 33.7 Å². The third kappa shape index (κ3) is 2.83. The summed E-state index contributed by atoms with van der Waals surface area (Å²) in [6.07, 6.45) is 11.1. The molecule has 5 rings (SSSR count). The smallest absolute Gasteiger partial charge is 0.312 e. The van der Waals surface area contributed by atoms with Crippen molar-refractivity contribution in [2.24, 2.45) is 56.7 Å². The Bertz CT molecular complexity index is 876. The molecule has 3 heteroatoms. The van der Waals surface area contributed by atoms with Crippen LogP contribution in [0.4, 0.5) is 0 Å². The van der Waals surface area contributed by atoms with E-state index in [1.54, 1.807) is 7.11 Å². The lowest BCUT2D eigenvalue weighted by molar-refractivity contribution is -0.248. The van der Waals surface area contributed by atoms with E-state index in [1.807, 2.05) is 0 Å². The Morgan fingerprint density at radius 3 is 2.21 bits per heavy atom. The third-order valence-electron chi connectivity index (χ3n) is 13.6. The maximum absolute atomic E-state index is 13.3. The molecule has 5 aliphatic rings. The zero-order valence-electron chi connectivity index (χ0n) is 23.0. The third-order valence-corrected chi connectivity index (χ3v) is 13.6. The van der Waals surface area contributed by atoms with Gasteiger partial charge in [-0.2, -0.15) is 0 Å². The number of methoxy groups -OCH3 is 1. The predicted molar refractivity (Wildman–Crippen MR) is 137 cm³/mol. The van der Waals surface area contributed by atoms with Crippen LogP contribution >= 0.6 is 0 Å². The van der Waals surface area contributed by atoms with Crippen molar-refractivity contribution in [2.45, 2.75) is 112 Å². The molecule has 5 aliphatic carbocycles. The average Bonchev–Trinajstić information content (AvgIpc) is 3.18. The highest BCUT2D eigenvalue weighted by Gasteiger charge is 2.72. The van der Waals surface area contributed by atoms with Crippen LogP contribution in [0, 0.1) is 56.7 Å². The molecular weight excluding hydrogens is 420 g/mol. The standard InChI is InChI=1S/C31H50O3/c1-19(2)20-11-16-31(26(33)34-8)18-17-29(6)21(25(20)31)9-10-23-28(5)14-13-24(32)27(3,4)22(28)12-15-30(23,29)7/h20-25,32H,1,9-18H2,2-8H3/t20?,21-,22+,23?,24+,25?,28+,29-,30-,31+/m1/s1. The molecule has 0 saturated heterocycles. The number of carbonyl (C=O) groups is 1. The van der Waals surface area contributed by atoms with Crippen molar-refractivity contribution in [2.75, 3.05) is 7.11 Å². The van der Waals surface area contributed by atoms with Gasteiger partial charge in [0.2, 0.25) is 0 Å². The molecule has 0 amide bonds. The highest BCUT2D eigenvalue weighted by atomic mass is 16.5. The molecule has 0 aromatic rings. The van der Waals surface area contributed by atoms with E-state index in [9.17, 15) is 9.90 Å². The first-order valence-corrected chi connectivity index (χ1v) is 14.2. The number of fused-ring (bicyclic) bond motifs is 7. The van der Waals surface area contributed by atoms with Crippen molar-refractivity contribution in [1.82, 2.24) is 0 Å². The predicted octanol–water partition coefficient (Wildman–Crippen LogP) is 7.18. The quantitative estimate of drug-likeness (QED) is 0.343. The summed E-state index contributed by atoms with van der Waals surface area (Å²) >= 11 is 0. The van der Waals surface area contributed by atoms with Gasteiger partial charge in [-0.3, -0.25) is 4.79 Å². The zero-order valence-corrected chi connectivity index (χ0v) is 23.0. The number of aliphatic hydroxyl groups is 1. The Kier molecular flexibility index (Phi) is 5.55. The van der Waals surface area contributed by atoms with Gasteiger partial charge in [0.1, 0.15) is 0 Å². The van der Waals surface area contributed by atoms with E-state index in [4.69, 9.17) is 4.74 Å². The molecule has 0 bridgehead atoms. The number of ether oxygens (including phenoxy) is 1. The maximum atomic E-state index is 13.3. The molecule has 0 heterocycles. The molecule has 192 valence electrons. The number of aliphatic hydroxyl groups excluding tert-OH is 1. The van der Waals surface area contributed by atoms with E-state index in [1.165, 1.54) is 31.3 Å². The normalized spacial score (nSPS) is 53.6. The van der Waals surface area contributed by atoms with Gasteiger partial charge < -0.3 is 9.84 Å². The van der Waals surface area contributed by atoms with Crippen LogP contribution in [-0.2, 0) is 9.53 Å². The highest BCUT2D eigenvalue weighted by molar-refractivity contribution is 5.78. The van der Waals surface area contributed by atoms with Crippen molar-refractivity contribution in [3.63, 3.8) is 0 Å². The van der Waals surface area contributed by atoms with Gasteiger partial charge >= 0.3 is 5.97 Å². The van der Waals surface area contributed by atoms with Gasteiger partial charge in [0, 0.05) is 0 Å². The molecule has 0 aromatic carbocycles. The summed E-state index contributed by atoms with van der Waals surface area (Å²) in [4.78, 5) is 13.3. The largest absolute Gasteiger partial charge is 0.469 e. The van der Waals surface area contributed by atoms with E-state index >= 15 is 0 Å². The van der Waals surface area contributed by atoms with Gasteiger partial charge in [-0.25, -0.2) is 0 Å². The molecule has 3 unspecified atom stereocenters. The minimum atomic E-state index is -0.302. The lowest BCUT2D eigenvalue weighted by Gasteiger charge is -2.72. The van der Waals surface area contributed by atoms with Crippen molar-refractivity contribution in [1.29, 1.82) is 0 Å². The minimum Gasteiger partial charge on any atom is -0.469 e. The second-order valence-corrected chi connectivity index (χ2v) is 14.7. The number of hydrogen-bond acceptors (Lipinski definition) is 3. The van der Waals surface area contributed by atoms with Crippen LogP contribution in [0.15, 0.2) is 12.2 Å². The molecule has 5 saturated carbocycles. The van der Waals surface area contributed by atoms with Crippen molar-refractivity contribution >= 4 is 5.97 Å². The molecule has 0 aromatic heterocycles. The Balaban J connectivity index is 1.56. The van der Waals surface area contributed by atoms with Crippen LogP contribution in [0.2, 0.25) is 0 Å². The second-order valence-electron chi connectivity index (χ2n) is 14.7. The first-order chi connectivity index (χ1) is 15.8. The van der Waals surface area contributed by atoms with Crippen LogP contribution in [0.1, 0.15) is 106 Å². The van der Waals surface area contributed by atoms with Gasteiger partial charge in [0.15, 0.2) is 0 Å². The fraction of sp³-hybridized carbons (Fsp3) is 0.903. The van der Waals surface area contributed by atoms with Gasteiger partial charge in [-0.05, 0) is 122 Å². The van der Waals surface area contributed by atoms with Crippen LogP contribution in [0.5, 0.6) is 0 Å². The Morgan fingerprint density at radius 1 is 0.853 bits per heavy atom. The first kappa shape index (κ1) is 24.8. The molecule has 0 spiro atoms. The van der Waals surface area contributed by atoms with Crippen molar-refractivity contribution in [3.8, 4) is 0 Å². The molecule has 1 N–H and O–H groups in total. The first-order valence-electron chi connectivity index (χ1n) is 14.2. The number of esters is 1. The Hall–Kier alpha value is -0.830. The monoisotopic (exact) mass is 470 g/mol. The fourth-order valence-electron chi connectivity index (χ4n) is 11.7. The van der Waals surface area contributed by atoms with Crippen LogP contribution in [-0.4, -0.2) is 24.3 Å². The molecule has 5 fully saturated rings. The van der Waals surface area contributed by atoms with Gasteiger partial charge in [-0.15, -0.1) is 0 Å². The summed E-state index contributed by atoms with van der Waals surface area (Å²) in [5.41, 5.74) is 1.78. The van der Waals surface area contributed by atoms with Crippen LogP contribution < -0.4 is 0 Å². The number of rotatable bonds is 2. The minimum absolute atomic E-state index is 0.00478. The lowest BCUT2D eigenvalue weighted by Crippen LogP contribution is -2.67. The second kappa shape index (κ2) is 7.59. The van der Waals surface area contributed by atoms with E-state index in [0.717, 1.165) is 38.5 Å². The molecule has 0 aliphatic heterocycles. The highest BCUT2D eigenvalue weighted by Crippen LogP contribution is 2.77. The lowest BCUT2D eigenvalue weighted by atomic mass is 9.32. The SMILES string of the molecule is C=C(C)C1CC[C@]2(C(=O)OC)CC[C@]3(C)[C@H](CCC4[C@@]5(C)CC[C@H](O)C(C)(C)[C@@H]5CC[C@]43C)C12. The van der Waals surface area contributed by atoms with Gasteiger partial charge in [0.25, 0.3) is 0 Å². The van der Waals surface area contributed by atoms with E-state index in [2.05, 4.69) is 48.1 Å². The van der Waals surface area contributed by atoms with E-state index in [0.29, 0.717) is 35.0 Å². The number of hydrogen-bond donors (Lipinski definition) is 1. The summed E-state index contributed by atoms with van der Waals surface area (Å²) in [5.74, 6) is 2.72. The van der Waals surface area contributed by atoms with E-state index < -0.39 is 0 Å². The summed E-state index contributed by atoms with van der Waals surface area (Å²) in [5, 5.41) is 10.9.